The minimum absolute atomic E-state index is 0.0751. The van der Waals surface area contributed by atoms with Gasteiger partial charge in [0.1, 0.15) is 5.82 Å². The second kappa shape index (κ2) is 7.81. The highest BCUT2D eigenvalue weighted by molar-refractivity contribution is 5.88. The maximum atomic E-state index is 11.1. The smallest absolute Gasteiger partial charge is 0.335 e. The summed E-state index contributed by atoms with van der Waals surface area (Å²) < 4.78 is 10.3. The van der Waals surface area contributed by atoms with E-state index in [1.807, 2.05) is 11.8 Å². The lowest BCUT2D eigenvalue weighted by Gasteiger charge is -2.30. The second-order valence-electron chi connectivity index (χ2n) is 4.65. The number of aryl methyl sites for hydroxylation is 1. The number of carbonyl (C=O) groups is 1. The number of hydrogen-bond donors (Lipinski definition) is 1. The van der Waals surface area contributed by atoms with Crippen molar-refractivity contribution in [1.29, 1.82) is 0 Å². The highest BCUT2D eigenvalue weighted by Gasteiger charge is 2.18. The lowest BCUT2D eigenvalue weighted by molar-refractivity contribution is 0.0696. The molecule has 0 aromatic carbocycles. The summed E-state index contributed by atoms with van der Waals surface area (Å²) in [6.07, 6.45) is 0. The number of anilines is 1. The number of methoxy groups -OCH3 is 2. The number of carboxylic acid groups (broad SMARTS) is 1. The number of ether oxygens (including phenoxy) is 2. The van der Waals surface area contributed by atoms with Crippen molar-refractivity contribution < 1.29 is 19.4 Å². The summed E-state index contributed by atoms with van der Waals surface area (Å²) in [7, 11) is 3.27. The summed E-state index contributed by atoms with van der Waals surface area (Å²) in [6.45, 7) is 5.47. The predicted molar refractivity (Wildman–Crippen MR) is 76.5 cm³/mol. The Balaban J connectivity index is 3.08. The average molecular weight is 282 g/mol. The van der Waals surface area contributed by atoms with Crippen LogP contribution < -0.4 is 4.90 Å². The Labute approximate surface area is 119 Å². The first-order valence-corrected chi connectivity index (χ1v) is 6.46. The quantitative estimate of drug-likeness (QED) is 0.780. The number of carboxylic acids is 1. The normalized spacial score (nSPS) is 12.2. The molecule has 1 aromatic rings. The largest absolute Gasteiger partial charge is 0.478 e. The number of aromatic carboxylic acids is 1. The molecule has 1 unspecified atom stereocenters. The Hall–Kier alpha value is -1.66. The summed E-state index contributed by atoms with van der Waals surface area (Å²) >= 11 is 0. The van der Waals surface area contributed by atoms with E-state index < -0.39 is 5.97 Å². The van der Waals surface area contributed by atoms with Crippen LogP contribution in [0, 0.1) is 6.92 Å². The number of rotatable bonds is 8. The SMILES string of the molecule is COCCN(c1cc(C(=O)O)cc(C)n1)C(C)COC. The van der Waals surface area contributed by atoms with Gasteiger partial charge in [0.2, 0.25) is 0 Å². The van der Waals surface area contributed by atoms with Crippen LogP contribution in [0.1, 0.15) is 23.0 Å². The Morgan fingerprint density at radius 2 is 2.10 bits per heavy atom. The molecule has 0 aliphatic heterocycles. The monoisotopic (exact) mass is 282 g/mol. The third-order valence-corrected chi connectivity index (χ3v) is 2.96. The number of aromatic nitrogens is 1. The molecule has 6 heteroatoms. The van der Waals surface area contributed by atoms with E-state index in [9.17, 15) is 4.79 Å². The van der Waals surface area contributed by atoms with Crippen molar-refractivity contribution in [3.8, 4) is 0 Å². The standard InChI is InChI=1S/C14H22N2O4/c1-10-7-12(14(17)18)8-13(15-10)16(5-6-19-3)11(2)9-20-4/h7-8,11H,5-6,9H2,1-4H3,(H,17,18). The van der Waals surface area contributed by atoms with Crippen LogP contribution in [0.3, 0.4) is 0 Å². The van der Waals surface area contributed by atoms with E-state index in [1.165, 1.54) is 0 Å². The molecular weight excluding hydrogens is 260 g/mol. The molecule has 0 aliphatic carbocycles. The van der Waals surface area contributed by atoms with Gasteiger partial charge >= 0.3 is 5.97 Å². The highest BCUT2D eigenvalue weighted by atomic mass is 16.5. The second-order valence-corrected chi connectivity index (χ2v) is 4.65. The van der Waals surface area contributed by atoms with E-state index in [4.69, 9.17) is 14.6 Å². The van der Waals surface area contributed by atoms with Crippen molar-refractivity contribution in [3.05, 3.63) is 23.4 Å². The number of nitrogens with zero attached hydrogens (tertiary/aromatic N) is 2. The summed E-state index contributed by atoms with van der Waals surface area (Å²) in [5.74, 6) is -0.327. The lowest BCUT2D eigenvalue weighted by atomic mass is 10.2. The summed E-state index contributed by atoms with van der Waals surface area (Å²) in [5.41, 5.74) is 0.909. The van der Waals surface area contributed by atoms with Gasteiger partial charge in [-0.25, -0.2) is 9.78 Å². The van der Waals surface area contributed by atoms with Crippen LogP contribution in [-0.2, 0) is 9.47 Å². The van der Waals surface area contributed by atoms with E-state index in [2.05, 4.69) is 4.98 Å². The molecule has 0 radical (unpaired) electrons. The number of pyridine rings is 1. The molecule has 6 nitrogen and oxygen atoms in total. The van der Waals surface area contributed by atoms with Crippen molar-refractivity contribution in [2.45, 2.75) is 19.9 Å². The first kappa shape index (κ1) is 16.4. The molecule has 0 amide bonds. The molecule has 1 heterocycles. The summed E-state index contributed by atoms with van der Waals surface area (Å²) in [5, 5.41) is 9.14. The Morgan fingerprint density at radius 3 is 2.65 bits per heavy atom. The van der Waals surface area contributed by atoms with E-state index in [0.717, 1.165) is 0 Å². The zero-order valence-corrected chi connectivity index (χ0v) is 12.4. The van der Waals surface area contributed by atoms with Gasteiger partial charge in [-0.1, -0.05) is 0 Å². The zero-order chi connectivity index (χ0) is 15.1. The van der Waals surface area contributed by atoms with Crippen LogP contribution in [0.2, 0.25) is 0 Å². The van der Waals surface area contributed by atoms with Gasteiger partial charge in [-0.2, -0.15) is 0 Å². The molecule has 1 rings (SSSR count). The fraction of sp³-hybridized carbons (Fsp3) is 0.571. The van der Waals surface area contributed by atoms with Crippen molar-refractivity contribution in [1.82, 2.24) is 4.98 Å². The average Bonchev–Trinajstić information content (AvgIpc) is 2.38. The molecule has 0 fully saturated rings. The van der Waals surface area contributed by atoms with Gasteiger partial charge in [0.25, 0.3) is 0 Å². The van der Waals surface area contributed by atoms with Gasteiger partial charge in [0.15, 0.2) is 0 Å². The molecule has 1 atom stereocenters. The van der Waals surface area contributed by atoms with Crippen LogP contribution in [0.5, 0.6) is 0 Å². The van der Waals surface area contributed by atoms with Gasteiger partial charge < -0.3 is 19.5 Å². The van der Waals surface area contributed by atoms with Crippen LogP contribution in [0.4, 0.5) is 5.82 Å². The van der Waals surface area contributed by atoms with E-state index in [1.54, 1.807) is 33.3 Å². The maximum Gasteiger partial charge on any atom is 0.335 e. The molecule has 1 aromatic heterocycles. The van der Waals surface area contributed by atoms with Gasteiger partial charge in [-0.15, -0.1) is 0 Å². The molecule has 0 bridgehead atoms. The van der Waals surface area contributed by atoms with Crippen molar-refractivity contribution in [3.63, 3.8) is 0 Å². The fourth-order valence-electron chi connectivity index (χ4n) is 2.00. The molecule has 1 N–H and O–H groups in total. The third kappa shape index (κ3) is 4.47. The van der Waals surface area contributed by atoms with Gasteiger partial charge in [0.05, 0.1) is 24.8 Å². The highest BCUT2D eigenvalue weighted by Crippen LogP contribution is 2.18. The van der Waals surface area contributed by atoms with Crippen molar-refractivity contribution in [2.75, 3.05) is 38.9 Å². The Bertz CT molecular complexity index is 451. The molecular formula is C14H22N2O4. The van der Waals surface area contributed by atoms with Gasteiger partial charge in [-0.3, -0.25) is 0 Å². The van der Waals surface area contributed by atoms with Crippen LogP contribution in [-0.4, -0.2) is 56.1 Å². The molecule has 0 saturated carbocycles. The zero-order valence-electron chi connectivity index (χ0n) is 12.4. The molecule has 20 heavy (non-hydrogen) atoms. The van der Waals surface area contributed by atoms with Gasteiger partial charge in [-0.05, 0) is 26.0 Å². The molecule has 0 spiro atoms. The Morgan fingerprint density at radius 1 is 1.40 bits per heavy atom. The van der Waals surface area contributed by atoms with E-state index >= 15 is 0 Å². The third-order valence-electron chi connectivity index (χ3n) is 2.96. The summed E-state index contributed by atoms with van der Waals surface area (Å²) in [4.78, 5) is 17.6. The predicted octanol–water partition coefficient (Wildman–Crippen LogP) is 1.58. The van der Waals surface area contributed by atoms with E-state index in [-0.39, 0.29) is 11.6 Å². The fourth-order valence-corrected chi connectivity index (χ4v) is 2.00. The molecule has 112 valence electrons. The first-order valence-electron chi connectivity index (χ1n) is 6.46. The minimum atomic E-state index is -0.956. The molecule has 0 saturated heterocycles. The molecule has 0 aliphatic rings. The number of hydrogen-bond acceptors (Lipinski definition) is 5. The van der Waals surface area contributed by atoms with Crippen LogP contribution in [0.25, 0.3) is 0 Å². The van der Waals surface area contributed by atoms with Crippen molar-refractivity contribution in [2.24, 2.45) is 0 Å². The maximum absolute atomic E-state index is 11.1. The Kier molecular flexibility index (Phi) is 6.41. The van der Waals surface area contributed by atoms with Gasteiger partial charge in [0, 0.05) is 26.5 Å². The minimum Gasteiger partial charge on any atom is -0.478 e. The van der Waals surface area contributed by atoms with E-state index in [0.29, 0.717) is 31.3 Å². The first-order chi connectivity index (χ1) is 9.49. The van der Waals surface area contributed by atoms with Crippen LogP contribution >= 0.6 is 0 Å². The lowest BCUT2D eigenvalue weighted by Crippen LogP contribution is -2.39. The van der Waals surface area contributed by atoms with Crippen molar-refractivity contribution >= 4 is 11.8 Å². The van der Waals surface area contributed by atoms with Crippen LogP contribution in [0.15, 0.2) is 12.1 Å². The topological polar surface area (TPSA) is 71.9 Å². The summed E-state index contributed by atoms with van der Waals surface area (Å²) in [6, 6.07) is 3.21.